The summed E-state index contributed by atoms with van der Waals surface area (Å²) < 4.78 is 12.8. The molecule has 1 aliphatic heterocycles. The Morgan fingerprint density at radius 2 is 1.75 bits per heavy atom. The Morgan fingerprint density at radius 3 is 2.31 bits per heavy atom. The third kappa shape index (κ3) is 2.60. The summed E-state index contributed by atoms with van der Waals surface area (Å²) in [4.78, 5) is 2.46. The normalized spacial score (nSPS) is 26.9. The molecule has 1 fully saturated rings. The van der Waals surface area contributed by atoms with Crippen LogP contribution < -0.4 is 5.32 Å². The molecule has 2 atom stereocenters. The number of hydrogen-bond acceptors (Lipinski definition) is 2. The predicted molar refractivity (Wildman–Crippen MR) is 63.7 cm³/mol. The van der Waals surface area contributed by atoms with E-state index in [1.54, 1.807) is 0 Å². The summed E-state index contributed by atoms with van der Waals surface area (Å²) >= 11 is 0. The van der Waals surface area contributed by atoms with Gasteiger partial charge < -0.3 is 5.32 Å². The van der Waals surface area contributed by atoms with Crippen LogP contribution in [-0.4, -0.2) is 30.1 Å². The van der Waals surface area contributed by atoms with Crippen molar-refractivity contribution < 1.29 is 4.39 Å². The summed E-state index contributed by atoms with van der Waals surface area (Å²) in [6, 6.07) is 7.88. The lowest BCUT2D eigenvalue weighted by Gasteiger charge is -2.39. The zero-order valence-electron chi connectivity index (χ0n) is 9.91. The first kappa shape index (κ1) is 11.6. The molecule has 0 amide bonds. The molecule has 0 bridgehead atoms. The van der Waals surface area contributed by atoms with Crippen molar-refractivity contribution in [3.05, 3.63) is 35.6 Å². The van der Waals surface area contributed by atoms with Gasteiger partial charge in [0.2, 0.25) is 0 Å². The fraction of sp³-hybridized carbons (Fsp3) is 0.538. The molecule has 1 N–H and O–H groups in total. The smallest absolute Gasteiger partial charge is 0.123 e. The first-order chi connectivity index (χ1) is 7.66. The van der Waals surface area contributed by atoms with Gasteiger partial charge in [0.1, 0.15) is 5.82 Å². The SMILES string of the molecule is CC1CNCC(C)N1Cc1ccc(F)cc1. The summed E-state index contributed by atoms with van der Waals surface area (Å²) in [5, 5.41) is 3.41. The van der Waals surface area contributed by atoms with Crippen LogP contribution in [0.15, 0.2) is 24.3 Å². The maximum absolute atomic E-state index is 12.8. The van der Waals surface area contributed by atoms with Crippen LogP contribution in [0.2, 0.25) is 0 Å². The zero-order chi connectivity index (χ0) is 11.5. The van der Waals surface area contributed by atoms with Crippen molar-refractivity contribution in [2.45, 2.75) is 32.5 Å². The van der Waals surface area contributed by atoms with E-state index in [0.717, 1.165) is 19.6 Å². The van der Waals surface area contributed by atoms with E-state index in [-0.39, 0.29) is 5.82 Å². The number of nitrogens with one attached hydrogen (secondary N) is 1. The Morgan fingerprint density at radius 1 is 1.19 bits per heavy atom. The van der Waals surface area contributed by atoms with Gasteiger partial charge in [-0.3, -0.25) is 4.90 Å². The first-order valence-corrected chi connectivity index (χ1v) is 5.87. The Labute approximate surface area is 96.5 Å². The van der Waals surface area contributed by atoms with E-state index in [1.807, 2.05) is 12.1 Å². The number of nitrogens with zero attached hydrogens (tertiary/aromatic N) is 1. The van der Waals surface area contributed by atoms with Crippen molar-refractivity contribution in [3.8, 4) is 0 Å². The molecule has 0 spiro atoms. The molecule has 0 aliphatic carbocycles. The number of rotatable bonds is 2. The fourth-order valence-corrected chi connectivity index (χ4v) is 2.28. The van der Waals surface area contributed by atoms with Crippen LogP contribution in [0, 0.1) is 5.82 Å². The van der Waals surface area contributed by atoms with E-state index in [2.05, 4.69) is 24.1 Å². The Kier molecular flexibility index (Phi) is 3.56. The minimum Gasteiger partial charge on any atom is -0.314 e. The van der Waals surface area contributed by atoms with Crippen molar-refractivity contribution in [1.29, 1.82) is 0 Å². The fourth-order valence-electron chi connectivity index (χ4n) is 2.28. The maximum Gasteiger partial charge on any atom is 0.123 e. The van der Waals surface area contributed by atoms with Gasteiger partial charge in [0.15, 0.2) is 0 Å². The summed E-state index contributed by atoms with van der Waals surface area (Å²) in [7, 11) is 0. The van der Waals surface area contributed by atoms with Gasteiger partial charge in [0.25, 0.3) is 0 Å². The van der Waals surface area contributed by atoms with Crippen molar-refractivity contribution in [2.75, 3.05) is 13.1 Å². The molecule has 1 saturated heterocycles. The molecule has 2 unspecified atom stereocenters. The molecule has 1 aromatic rings. The van der Waals surface area contributed by atoms with Crippen molar-refractivity contribution in [1.82, 2.24) is 10.2 Å². The van der Waals surface area contributed by atoms with Gasteiger partial charge in [0.05, 0.1) is 0 Å². The first-order valence-electron chi connectivity index (χ1n) is 5.87. The number of hydrogen-bond donors (Lipinski definition) is 1. The molecule has 0 aromatic heterocycles. The second-order valence-corrected chi connectivity index (χ2v) is 4.66. The van der Waals surface area contributed by atoms with E-state index in [1.165, 1.54) is 17.7 Å². The maximum atomic E-state index is 12.8. The van der Waals surface area contributed by atoms with Crippen molar-refractivity contribution >= 4 is 0 Å². The van der Waals surface area contributed by atoms with Crippen LogP contribution in [0.1, 0.15) is 19.4 Å². The van der Waals surface area contributed by atoms with E-state index in [0.29, 0.717) is 12.1 Å². The lowest BCUT2D eigenvalue weighted by molar-refractivity contribution is 0.109. The number of piperazine rings is 1. The molecule has 16 heavy (non-hydrogen) atoms. The molecule has 2 nitrogen and oxygen atoms in total. The van der Waals surface area contributed by atoms with Gasteiger partial charge in [-0.15, -0.1) is 0 Å². The minimum absolute atomic E-state index is 0.162. The quantitative estimate of drug-likeness (QED) is 0.823. The van der Waals surface area contributed by atoms with Gasteiger partial charge in [-0.2, -0.15) is 0 Å². The monoisotopic (exact) mass is 222 g/mol. The van der Waals surface area contributed by atoms with Gasteiger partial charge in [-0.05, 0) is 31.5 Å². The highest BCUT2D eigenvalue weighted by molar-refractivity contribution is 5.16. The minimum atomic E-state index is -0.162. The zero-order valence-corrected chi connectivity index (χ0v) is 9.91. The Bertz CT molecular complexity index is 326. The molecule has 1 aromatic carbocycles. The third-order valence-electron chi connectivity index (χ3n) is 3.29. The second kappa shape index (κ2) is 4.93. The van der Waals surface area contributed by atoms with Crippen LogP contribution in [0.4, 0.5) is 4.39 Å². The van der Waals surface area contributed by atoms with Crippen LogP contribution in [0.25, 0.3) is 0 Å². The largest absolute Gasteiger partial charge is 0.314 e. The van der Waals surface area contributed by atoms with E-state index in [4.69, 9.17) is 0 Å². The molecule has 2 rings (SSSR count). The Balaban J connectivity index is 2.04. The Hall–Kier alpha value is -0.930. The average molecular weight is 222 g/mol. The van der Waals surface area contributed by atoms with Crippen LogP contribution in [0.5, 0.6) is 0 Å². The molecular weight excluding hydrogens is 203 g/mol. The lowest BCUT2D eigenvalue weighted by atomic mass is 10.1. The molecule has 0 radical (unpaired) electrons. The topological polar surface area (TPSA) is 15.3 Å². The second-order valence-electron chi connectivity index (χ2n) is 4.66. The van der Waals surface area contributed by atoms with Gasteiger partial charge >= 0.3 is 0 Å². The van der Waals surface area contributed by atoms with Gasteiger partial charge in [0, 0.05) is 31.7 Å². The molecule has 1 heterocycles. The third-order valence-corrected chi connectivity index (χ3v) is 3.29. The summed E-state index contributed by atoms with van der Waals surface area (Å²) in [5.41, 5.74) is 1.18. The van der Waals surface area contributed by atoms with E-state index < -0.39 is 0 Å². The van der Waals surface area contributed by atoms with Crippen molar-refractivity contribution in [3.63, 3.8) is 0 Å². The lowest BCUT2D eigenvalue weighted by Crippen LogP contribution is -2.54. The standard InChI is InChI=1S/C13H19FN2/c1-10-7-15-8-11(2)16(10)9-12-3-5-13(14)6-4-12/h3-6,10-11,15H,7-9H2,1-2H3. The molecular formula is C13H19FN2. The molecule has 0 saturated carbocycles. The highest BCUT2D eigenvalue weighted by atomic mass is 19.1. The summed E-state index contributed by atoms with van der Waals surface area (Å²) in [6.07, 6.45) is 0. The van der Waals surface area contributed by atoms with Gasteiger partial charge in [-0.25, -0.2) is 4.39 Å². The van der Waals surface area contributed by atoms with Gasteiger partial charge in [-0.1, -0.05) is 12.1 Å². The summed E-state index contributed by atoms with van der Waals surface area (Å²) in [6.45, 7) is 7.43. The van der Waals surface area contributed by atoms with Crippen molar-refractivity contribution in [2.24, 2.45) is 0 Å². The molecule has 1 aliphatic rings. The van der Waals surface area contributed by atoms with E-state index >= 15 is 0 Å². The number of halogens is 1. The number of benzene rings is 1. The average Bonchev–Trinajstić information content (AvgIpc) is 2.26. The van der Waals surface area contributed by atoms with Crippen LogP contribution in [-0.2, 0) is 6.54 Å². The highest BCUT2D eigenvalue weighted by Crippen LogP contribution is 2.14. The van der Waals surface area contributed by atoms with Crippen LogP contribution in [0.3, 0.4) is 0 Å². The van der Waals surface area contributed by atoms with E-state index in [9.17, 15) is 4.39 Å². The van der Waals surface area contributed by atoms with Crippen LogP contribution >= 0.6 is 0 Å². The summed E-state index contributed by atoms with van der Waals surface area (Å²) in [5.74, 6) is -0.162. The molecule has 3 heteroatoms. The predicted octanol–water partition coefficient (Wildman–Crippen LogP) is 2.01. The highest BCUT2D eigenvalue weighted by Gasteiger charge is 2.23. The molecule has 88 valence electrons.